The molecule has 29 heteroatoms. The highest BCUT2D eigenvalue weighted by Gasteiger charge is 2.32. The molecule has 20 rings (SSSR count). The number of carbonyl (C=O) groups is 5. The Hall–Kier alpha value is -15.1. The van der Waals surface area contributed by atoms with Crippen molar-refractivity contribution in [1.29, 1.82) is 0 Å². The third-order valence-corrected chi connectivity index (χ3v) is 23.0. The first-order valence-electron chi connectivity index (χ1n) is 43.7. The molecule has 2 saturated heterocycles. The average Bonchev–Trinajstić information content (AvgIpc) is 1.72. The number of morpholine rings is 2. The van der Waals surface area contributed by atoms with E-state index < -0.39 is 41.5 Å². The van der Waals surface area contributed by atoms with Gasteiger partial charge in [0.2, 0.25) is 0 Å². The molecule has 668 valence electrons. The van der Waals surface area contributed by atoms with E-state index in [9.17, 15) is 58.3 Å². The number of nitrogens with one attached hydrogen (secondary N) is 5. The Kier molecular flexibility index (Phi) is 27.9. The Morgan fingerprint density at radius 3 is 1.22 bits per heavy atom. The van der Waals surface area contributed by atoms with Crippen LogP contribution in [0.25, 0.3) is 33.9 Å². The molecule has 7 heterocycles. The van der Waals surface area contributed by atoms with Crippen LogP contribution in [0.3, 0.4) is 0 Å². The van der Waals surface area contributed by atoms with Gasteiger partial charge in [0.1, 0.15) is 29.0 Å². The molecule has 5 aromatic heterocycles. The van der Waals surface area contributed by atoms with Crippen LogP contribution in [-0.4, -0.2) is 149 Å². The number of aromatic carboxylic acids is 5. The van der Waals surface area contributed by atoms with Crippen molar-refractivity contribution in [2.75, 3.05) is 89.0 Å². The van der Waals surface area contributed by atoms with Gasteiger partial charge in [0.15, 0.2) is 11.6 Å². The van der Waals surface area contributed by atoms with E-state index in [2.05, 4.69) is 84.5 Å². The minimum absolute atomic E-state index is 0.0845. The van der Waals surface area contributed by atoms with Crippen LogP contribution >= 0.6 is 0 Å². The van der Waals surface area contributed by atoms with Crippen LogP contribution in [0.4, 0.5) is 77.3 Å². The fourth-order valence-corrected chi connectivity index (χ4v) is 15.3. The number of nitrogens with zero attached hydrogens (tertiary/aromatic N) is 9. The Morgan fingerprint density at radius 2 is 0.771 bits per heavy atom. The molecule has 0 spiro atoms. The second-order valence-corrected chi connectivity index (χ2v) is 33.3. The third-order valence-electron chi connectivity index (χ3n) is 23.0. The lowest BCUT2D eigenvalue weighted by Crippen LogP contribution is -2.37. The smallest absolute Gasteiger partial charge is 0.337 e. The zero-order valence-electron chi connectivity index (χ0n) is 72.3. The quantitative estimate of drug-likeness (QED) is 0.0241. The van der Waals surface area contributed by atoms with Gasteiger partial charge in [-0.3, -0.25) is 4.98 Å². The first-order chi connectivity index (χ1) is 63.5. The number of aryl methyl sites for hydroxylation is 3. The van der Waals surface area contributed by atoms with Gasteiger partial charge in [-0.25, -0.2) is 62.7 Å². The maximum atomic E-state index is 13.8. The number of carboxylic acids is 5. The first-order valence-corrected chi connectivity index (χ1v) is 43.7. The second-order valence-electron chi connectivity index (χ2n) is 33.3. The second kappa shape index (κ2) is 40.9. The highest BCUT2D eigenvalue weighted by Crippen LogP contribution is 2.47. The summed E-state index contributed by atoms with van der Waals surface area (Å²) in [5.41, 5.74) is 17.4. The molecule has 0 amide bonds. The van der Waals surface area contributed by atoms with Crippen LogP contribution in [0.15, 0.2) is 231 Å². The fraction of sp³-hybridized carbons (Fsp3) is 0.255. The van der Waals surface area contributed by atoms with Crippen LogP contribution in [0.5, 0.6) is 5.75 Å². The van der Waals surface area contributed by atoms with Crippen LogP contribution < -0.4 is 41.1 Å². The maximum absolute atomic E-state index is 13.8. The molecular weight excluding hydrogens is 1670 g/mol. The summed E-state index contributed by atoms with van der Waals surface area (Å²) >= 11 is 0. The number of benzene rings is 8. The molecule has 0 radical (unpaired) electrons. The topological polar surface area (TPSA) is 371 Å². The molecule has 5 saturated carbocycles. The SMILES string of the molecule is Cc1ccc(Nc2ccc(N3CCOCC3)nc2)c(C(=O)O)c1.Cc1ccc(Nc2cnc(N3CCOCC3)c(C)c2)c(C(=O)O)c1.O=C(O)c1cc(C2CC2)ccc1Nc1cnc(-c2c(F)cccc2F)nc1.O=C(O)c1cc(C2CC2)ccc1Nc1cnc(-c2cccc(OC3CC3)c2)nc1.O=C(O)c1cc(C2CC2)ccc1Nc1cnc(C2CC2)c(-c2ccccc2)c1. The van der Waals surface area contributed by atoms with Gasteiger partial charge in [0.05, 0.1) is 172 Å². The molecule has 0 unspecified atom stereocenters. The van der Waals surface area contributed by atoms with E-state index in [-0.39, 0.29) is 33.6 Å². The molecular formula is C102H98F2N14O13. The van der Waals surface area contributed by atoms with Crippen molar-refractivity contribution in [2.45, 2.75) is 115 Å². The molecule has 7 fully saturated rings. The summed E-state index contributed by atoms with van der Waals surface area (Å²) in [6.45, 7) is 12.0. The van der Waals surface area contributed by atoms with Crippen molar-refractivity contribution in [3.63, 3.8) is 0 Å². The molecule has 0 bridgehead atoms. The number of hydrogen-bond acceptors (Lipinski definition) is 22. The predicted octanol–water partition coefficient (Wildman–Crippen LogP) is 21.3. The lowest BCUT2D eigenvalue weighted by Gasteiger charge is -2.29. The molecule has 13 aromatic rings. The van der Waals surface area contributed by atoms with E-state index in [0.717, 1.165) is 180 Å². The molecule has 131 heavy (non-hydrogen) atoms. The van der Waals surface area contributed by atoms with E-state index in [4.69, 9.17) is 19.2 Å². The highest BCUT2D eigenvalue weighted by atomic mass is 19.1. The Bertz CT molecular complexity index is 6310. The number of halogens is 2. The van der Waals surface area contributed by atoms with Gasteiger partial charge in [0, 0.05) is 43.2 Å². The Labute approximate surface area is 755 Å². The summed E-state index contributed by atoms with van der Waals surface area (Å²) in [4.78, 5) is 92.8. The Morgan fingerprint density at radius 1 is 0.366 bits per heavy atom. The fourth-order valence-electron chi connectivity index (χ4n) is 15.3. The minimum atomic E-state index is -1.04. The lowest BCUT2D eigenvalue weighted by molar-refractivity contribution is 0.0687. The molecule has 10 N–H and O–H groups in total. The van der Waals surface area contributed by atoms with Gasteiger partial charge in [-0.15, -0.1) is 0 Å². The summed E-state index contributed by atoms with van der Waals surface area (Å²) in [7, 11) is 0. The van der Waals surface area contributed by atoms with E-state index in [1.165, 1.54) is 31.3 Å². The van der Waals surface area contributed by atoms with Crippen molar-refractivity contribution in [3.05, 3.63) is 310 Å². The highest BCUT2D eigenvalue weighted by molar-refractivity contribution is 5.99. The van der Waals surface area contributed by atoms with Crippen molar-refractivity contribution >= 4 is 98.4 Å². The van der Waals surface area contributed by atoms with Crippen molar-refractivity contribution < 1.29 is 72.5 Å². The number of hydrogen-bond donors (Lipinski definition) is 10. The molecule has 2 aliphatic heterocycles. The standard InChI is InChI=1S/C24H22N2O2.C23H21N3O3.C20H15F2N3O2.C18H21N3O3.C17H19N3O3/c27-24(28)21-12-18(15-6-7-15)10-11-22(21)26-19-13-20(16-4-2-1-3-5-16)23(25-14-19)17-8-9-17;27-23(28)20-11-15(14-4-5-14)6-9-21(20)26-17-12-24-22(25-13-17)16-2-1-3-19(10-16)29-18-7-8-18;21-15-2-1-3-16(22)18(15)19-23-9-13(10-24-19)25-17-7-6-12(11-4-5-11)8-14(17)20(26)27;1-12-3-4-16(15(9-12)18(22)23)20-14-10-13(2)17(19-11-14)21-5-7-24-8-6-21;1-12-2-4-15(14(10-12)17(21)22)19-13-3-5-16(18-11-13)20-6-8-23-9-7-20/h1-5,10-15,17,26H,6-9H2,(H,27,28);1-3,6,9-14,18,26H,4-5,7-8H2,(H,27,28);1-3,6-11,25H,4-5H2,(H,26,27);3-4,9-11,20H,5-8H2,1-2H3,(H,22,23);2-5,10-11,19H,6-9H2,1H3,(H,21,22). The number of carboxylic acid groups (broad SMARTS) is 5. The zero-order chi connectivity index (χ0) is 91.2. The lowest BCUT2D eigenvalue weighted by atomic mass is 10.0. The van der Waals surface area contributed by atoms with Crippen molar-refractivity contribution in [3.8, 4) is 39.7 Å². The molecule has 5 aliphatic carbocycles. The van der Waals surface area contributed by atoms with Crippen LogP contribution in [0.1, 0.15) is 179 Å². The van der Waals surface area contributed by atoms with Crippen molar-refractivity contribution in [1.82, 2.24) is 34.9 Å². The number of anilines is 12. The molecule has 7 aliphatic rings. The monoisotopic (exact) mass is 1760 g/mol. The van der Waals surface area contributed by atoms with Crippen LogP contribution in [0.2, 0.25) is 0 Å². The van der Waals surface area contributed by atoms with E-state index >= 15 is 0 Å². The molecule has 27 nitrogen and oxygen atoms in total. The van der Waals surface area contributed by atoms with E-state index in [1.807, 2.05) is 136 Å². The third kappa shape index (κ3) is 23.6. The molecule has 8 aromatic carbocycles. The van der Waals surface area contributed by atoms with Crippen molar-refractivity contribution in [2.24, 2.45) is 0 Å². The van der Waals surface area contributed by atoms with Crippen LogP contribution in [-0.2, 0) is 9.47 Å². The summed E-state index contributed by atoms with van der Waals surface area (Å²) in [6.07, 6.45) is 23.0. The normalized spacial score (nSPS) is 14.9. The summed E-state index contributed by atoms with van der Waals surface area (Å²) < 4.78 is 44.2. The van der Waals surface area contributed by atoms with Gasteiger partial charge in [-0.05, 0) is 240 Å². The summed E-state index contributed by atoms with van der Waals surface area (Å²) in [5, 5.41) is 63.1. The predicted molar refractivity (Wildman–Crippen MR) is 498 cm³/mol. The Balaban J connectivity index is 0.000000120. The largest absolute Gasteiger partial charge is 0.490 e. The van der Waals surface area contributed by atoms with Gasteiger partial charge in [0.25, 0.3) is 0 Å². The minimum Gasteiger partial charge on any atom is -0.490 e. The van der Waals surface area contributed by atoms with Gasteiger partial charge >= 0.3 is 29.8 Å². The summed E-state index contributed by atoms with van der Waals surface area (Å²) in [5.74, 6) is -1.08. The first kappa shape index (κ1) is 89.3. The summed E-state index contributed by atoms with van der Waals surface area (Å²) in [6, 6.07) is 56.7. The van der Waals surface area contributed by atoms with Gasteiger partial charge in [-0.2, -0.15) is 0 Å². The molecule has 0 atom stereocenters. The number of rotatable bonds is 26. The van der Waals surface area contributed by atoms with Crippen LogP contribution in [0, 0.1) is 32.4 Å². The maximum Gasteiger partial charge on any atom is 0.337 e. The van der Waals surface area contributed by atoms with E-state index in [1.54, 1.807) is 67.3 Å². The number of ether oxygens (including phenoxy) is 3. The number of pyridine rings is 3. The van der Waals surface area contributed by atoms with Gasteiger partial charge < -0.3 is 76.1 Å². The zero-order valence-corrected chi connectivity index (χ0v) is 72.3. The van der Waals surface area contributed by atoms with Gasteiger partial charge in [-0.1, -0.05) is 90.0 Å². The number of aromatic nitrogens is 7. The van der Waals surface area contributed by atoms with E-state index in [0.29, 0.717) is 107 Å². The average molecular weight is 1770 g/mol.